The van der Waals surface area contributed by atoms with Crippen LogP contribution in [0.25, 0.3) is 22.0 Å². The first kappa shape index (κ1) is 23.8. The van der Waals surface area contributed by atoms with Gasteiger partial charge in [0.1, 0.15) is 23.0 Å². The number of aromatic nitrogens is 2. The molecular weight excluding hydrogens is 498 g/mol. The normalized spacial score (nSPS) is 19.8. The molecule has 2 atom stereocenters. The van der Waals surface area contributed by atoms with Crippen LogP contribution in [0.2, 0.25) is 5.02 Å². The predicted octanol–water partition coefficient (Wildman–Crippen LogP) is 3.68. The van der Waals surface area contributed by atoms with E-state index < -0.39 is 28.5 Å². The molecule has 0 aliphatic carbocycles. The Kier molecular flexibility index (Phi) is 6.06. The number of nitrogens with zero attached hydrogens (tertiary/aromatic N) is 4. The number of halogens is 3. The molecule has 1 N–H and O–H groups in total. The van der Waals surface area contributed by atoms with Crippen molar-refractivity contribution in [3.05, 3.63) is 64.1 Å². The molecular formula is C24H22ClF2N4O3S+. The van der Waals surface area contributed by atoms with E-state index in [0.717, 1.165) is 12.1 Å². The molecule has 2 aromatic carbocycles. The molecule has 2 aliphatic heterocycles. The third-order valence-corrected chi connectivity index (χ3v) is 8.22. The van der Waals surface area contributed by atoms with Crippen molar-refractivity contribution in [2.24, 2.45) is 0 Å². The summed E-state index contributed by atoms with van der Waals surface area (Å²) in [6, 6.07) is 4.62. The zero-order valence-electron chi connectivity index (χ0n) is 18.8. The van der Waals surface area contributed by atoms with Crippen LogP contribution in [0.15, 0.2) is 46.6 Å². The third-order valence-electron chi connectivity index (χ3n) is 6.48. The number of hydrogen-bond acceptors (Lipinski definition) is 5. The van der Waals surface area contributed by atoms with Crippen molar-refractivity contribution in [1.29, 1.82) is 0 Å². The van der Waals surface area contributed by atoms with E-state index in [1.807, 2.05) is 11.8 Å². The average Bonchev–Trinajstić information content (AvgIpc) is 2.82. The second-order valence-electron chi connectivity index (χ2n) is 8.55. The second-order valence-corrected chi connectivity index (χ2v) is 10.5. The minimum atomic E-state index is -1.33. The lowest BCUT2D eigenvalue weighted by Gasteiger charge is -2.40. The molecule has 0 saturated carbocycles. The third kappa shape index (κ3) is 3.89. The quantitative estimate of drug-likeness (QED) is 0.422. The number of carbonyl (C=O) groups is 1. The number of rotatable bonds is 3. The molecule has 7 nitrogen and oxygen atoms in total. The minimum absolute atomic E-state index is 0.0454. The summed E-state index contributed by atoms with van der Waals surface area (Å²) in [6.07, 6.45) is 1.27. The smallest absolute Gasteiger partial charge is 0.350 e. The van der Waals surface area contributed by atoms with Crippen LogP contribution in [0.3, 0.4) is 0 Å². The maximum absolute atomic E-state index is 14.8. The monoisotopic (exact) mass is 519 g/mol. The fourth-order valence-electron chi connectivity index (χ4n) is 4.84. The van der Waals surface area contributed by atoms with Crippen molar-refractivity contribution in [3.63, 3.8) is 0 Å². The number of anilines is 1. The molecule has 1 unspecified atom stereocenters. The number of aryl methyl sites for hydroxylation is 1. The summed E-state index contributed by atoms with van der Waals surface area (Å²) < 4.78 is 40.9. The van der Waals surface area contributed by atoms with Crippen LogP contribution in [0.5, 0.6) is 0 Å². The number of piperazine rings is 1. The summed E-state index contributed by atoms with van der Waals surface area (Å²) in [5.41, 5.74) is 0.234. The summed E-state index contributed by atoms with van der Waals surface area (Å²) in [5, 5.41) is 0.713. The van der Waals surface area contributed by atoms with Crippen LogP contribution in [-0.2, 0) is 22.5 Å². The lowest BCUT2D eigenvalue weighted by atomic mass is 10.0. The zero-order valence-corrected chi connectivity index (χ0v) is 20.4. The molecule has 1 aromatic heterocycles. The lowest BCUT2D eigenvalue weighted by molar-refractivity contribution is -0.126. The van der Waals surface area contributed by atoms with Crippen molar-refractivity contribution < 1.29 is 18.1 Å². The SMILES string of the molecule is C=CC(=O)N1CCN(c2nc(=O)n3c4c(c(-c5ccc(F)cc5F)c(Cl)cc24)[S+](O)CC3)[C@@H](C)C1. The highest BCUT2D eigenvalue weighted by molar-refractivity contribution is 7.91. The second kappa shape index (κ2) is 8.92. The van der Waals surface area contributed by atoms with Crippen LogP contribution in [0, 0.1) is 11.6 Å². The van der Waals surface area contributed by atoms with E-state index in [1.54, 1.807) is 11.0 Å². The van der Waals surface area contributed by atoms with E-state index in [4.69, 9.17) is 11.6 Å². The fourth-order valence-corrected chi connectivity index (χ4v) is 6.66. The minimum Gasteiger partial charge on any atom is -0.350 e. The molecule has 11 heteroatoms. The molecule has 0 bridgehead atoms. The first-order chi connectivity index (χ1) is 16.7. The van der Waals surface area contributed by atoms with Crippen LogP contribution in [-0.4, -0.2) is 56.3 Å². The highest BCUT2D eigenvalue weighted by Crippen LogP contribution is 2.44. The maximum atomic E-state index is 14.8. The van der Waals surface area contributed by atoms with E-state index in [1.165, 1.54) is 16.7 Å². The molecule has 182 valence electrons. The Labute approximate surface area is 207 Å². The fraction of sp³-hybridized carbons (Fsp3) is 0.292. The van der Waals surface area contributed by atoms with Gasteiger partial charge in [-0.1, -0.05) is 18.2 Å². The molecule has 0 radical (unpaired) electrons. The van der Waals surface area contributed by atoms with Gasteiger partial charge in [-0.05, 0) is 31.2 Å². The van der Waals surface area contributed by atoms with Crippen molar-refractivity contribution in [2.75, 3.05) is 30.3 Å². The largest absolute Gasteiger partial charge is 0.350 e. The molecule has 0 spiro atoms. The van der Waals surface area contributed by atoms with Gasteiger partial charge in [0.15, 0.2) is 16.9 Å². The van der Waals surface area contributed by atoms with Crippen molar-refractivity contribution >= 4 is 45.4 Å². The Balaban J connectivity index is 1.74. The van der Waals surface area contributed by atoms with Crippen LogP contribution >= 0.6 is 11.6 Å². The summed E-state index contributed by atoms with van der Waals surface area (Å²) in [4.78, 5) is 33.5. The molecule has 1 fully saturated rings. The van der Waals surface area contributed by atoms with Gasteiger partial charge in [0.05, 0.1) is 17.1 Å². The van der Waals surface area contributed by atoms with Gasteiger partial charge in [-0.15, -0.1) is 0 Å². The summed E-state index contributed by atoms with van der Waals surface area (Å²) in [6.45, 7) is 6.98. The van der Waals surface area contributed by atoms with Gasteiger partial charge < -0.3 is 9.80 Å². The van der Waals surface area contributed by atoms with E-state index in [9.17, 15) is 22.9 Å². The Hall–Kier alpha value is -2.95. The number of carbonyl (C=O) groups excluding carboxylic acids is 1. The molecule has 2 aliphatic rings. The topological polar surface area (TPSA) is 78.7 Å². The zero-order chi connectivity index (χ0) is 25.0. The van der Waals surface area contributed by atoms with Crippen molar-refractivity contribution in [1.82, 2.24) is 14.5 Å². The number of benzene rings is 2. The van der Waals surface area contributed by atoms with Gasteiger partial charge in [-0.2, -0.15) is 9.54 Å². The van der Waals surface area contributed by atoms with Gasteiger partial charge in [-0.25, -0.2) is 13.6 Å². The lowest BCUT2D eigenvalue weighted by Crippen LogP contribution is -2.54. The summed E-state index contributed by atoms with van der Waals surface area (Å²) >= 11 is 5.35. The first-order valence-corrected chi connectivity index (χ1v) is 12.7. The van der Waals surface area contributed by atoms with E-state index in [2.05, 4.69) is 11.6 Å². The van der Waals surface area contributed by atoms with Gasteiger partial charge in [0, 0.05) is 42.7 Å². The van der Waals surface area contributed by atoms with E-state index in [-0.39, 0.29) is 40.4 Å². The van der Waals surface area contributed by atoms with Crippen molar-refractivity contribution in [3.8, 4) is 11.1 Å². The van der Waals surface area contributed by atoms with Crippen LogP contribution in [0.1, 0.15) is 6.92 Å². The number of hydrogen-bond donors (Lipinski definition) is 1. The Morgan fingerprint density at radius 2 is 2.06 bits per heavy atom. The molecule has 35 heavy (non-hydrogen) atoms. The predicted molar refractivity (Wildman–Crippen MR) is 133 cm³/mol. The molecule has 1 amide bonds. The van der Waals surface area contributed by atoms with Gasteiger partial charge in [-0.3, -0.25) is 9.36 Å². The highest BCUT2D eigenvalue weighted by atomic mass is 35.5. The van der Waals surface area contributed by atoms with Gasteiger partial charge >= 0.3 is 5.69 Å². The maximum Gasteiger partial charge on any atom is 0.350 e. The van der Waals surface area contributed by atoms with Crippen molar-refractivity contribution in [2.45, 2.75) is 24.4 Å². The van der Waals surface area contributed by atoms with E-state index in [0.29, 0.717) is 41.3 Å². The van der Waals surface area contributed by atoms with Gasteiger partial charge in [0.2, 0.25) is 10.8 Å². The molecule has 3 aromatic rings. The number of amides is 1. The molecule has 1 saturated heterocycles. The first-order valence-electron chi connectivity index (χ1n) is 11.0. The Bertz CT molecular complexity index is 1450. The van der Waals surface area contributed by atoms with E-state index >= 15 is 0 Å². The summed E-state index contributed by atoms with van der Waals surface area (Å²) in [5.74, 6) is -1.07. The highest BCUT2D eigenvalue weighted by Gasteiger charge is 2.39. The Morgan fingerprint density at radius 3 is 2.74 bits per heavy atom. The average molecular weight is 520 g/mol. The molecule has 5 rings (SSSR count). The van der Waals surface area contributed by atoms with Crippen LogP contribution < -0.4 is 10.6 Å². The standard InChI is InChI=1S/C24H22ClF2N4O3S/c1-3-19(32)29-6-7-30(13(2)12-29)23-16-11-17(25)20(15-5-4-14(26)10-18(15)27)22-21(16)31(24(33)28-23)8-9-35(22)34/h3-5,10-11,13,34H,1,6-9,12H2,2H3/q+1/t13-,35?/m0/s1. The van der Waals surface area contributed by atoms with Crippen LogP contribution in [0.4, 0.5) is 14.6 Å². The Morgan fingerprint density at radius 1 is 1.29 bits per heavy atom. The van der Waals surface area contributed by atoms with Gasteiger partial charge in [0.25, 0.3) is 0 Å². The molecule has 3 heterocycles. The summed E-state index contributed by atoms with van der Waals surface area (Å²) in [7, 11) is 0.